The highest BCUT2D eigenvalue weighted by molar-refractivity contribution is 9.10. The molecule has 0 atom stereocenters. The lowest BCUT2D eigenvalue weighted by molar-refractivity contribution is 1.49. The first-order valence-corrected chi connectivity index (χ1v) is 6.75. The molecule has 0 aliphatic rings. The van der Waals surface area contributed by atoms with Crippen LogP contribution in [0.2, 0.25) is 4.34 Å². The van der Waals surface area contributed by atoms with Crippen LogP contribution in [-0.4, -0.2) is 0 Å². The summed E-state index contributed by atoms with van der Waals surface area (Å²) in [5.41, 5.74) is 1.27. The molecule has 0 fully saturated rings. The van der Waals surface area contributed by atoms with Gasteiger partial charge in [0.1, 0.15) is 0 Å². The van der Waals surface area contributed by atoms with E-state index in [-0.39, 0.29) is 0 Å². The molecule has 0 amide bonds. The number of alkyl halides is 1. The molecule has 68 valence electrons. The summed E-state index contributed by atoms with van der Waals surface area (Å²) in [4.78, 5) is 0. The van der Waals surface area contributed by atoms with E-state index in [4.69, 9.17) is 11.6 Å². The molecule has 0 aliphatic heterocycles. The maximum Gasteiger partial charge on any atom is 0.0940 e. The molecule has 1 aromatic heterocycles. The molecular formula is C9H5Br2ClS. The number of hydrogen-bond acceptors (Lipinski definition) is 1. The molecule has 0 saturated heterocycles. The van der Waals surface area contributed by atoms with Crippen LogP contribution in [0.5, 0.6) is 0 Å². The summed E-state index contributed by atoms with van der Waals surface area (Å²) in [6.45, 7) is 0. The monoisotopic (exact) mass is 338 g/mol. The fourth-order valence-corrected chi connectivity index (χ4v) is 3.61. The summed E-state index contributed by atoms with van der Waals surface area (Å²) < 4.78 is 3.18. The number of halogens is 3. The minimum Gasteiger partial charge on any atom is -0.123 e. The first kappa shape index (κ1) is 9.97. The van der Waals surface area contributed by atoms with Crippen molar-refractivity contribution in [2.75, 3.05) is 0 Å². The molecule has 0 spiro atoms. The van der Waals surface area contributed by atoms with Crippen molar-refractivity contribution in [3.63, 3.8) is 0 Å². The van der Waals surface area contributed by atoms with Crippen molar-refractivity contribution in [2.24, 2.45) is 0 Å². The van der Waals surface area contributed by atoms with Crippen LogP contribution in [0.4, 0.5) is 0 Å². The summed E-state index contributed by atoms with van der Waals surface area (Å²) in [6, 6.07) is 6.22. The average Bonchev–Trinajstić information content (AvgIpc) is 2.43. The molecule has 0 bridgehead atoms. The second-order valence-corrected chi connectivity index (χ2v) is 5.85. The topological polar surface area (TPSA) is 0 Å². The van der Waals surface area contributed by atoms with E-state index in [0.717, 1.165) is 14.1 Å². The normalized spacial score (nSPS) is 11.0. The highest BCUT2D eigenvalue weighted by atomic mass is 79.9. The minimum absolute atomic E-state index is 0.843. The van der Waals surface area contributed by atoms with E-state index in [0.29, 0.717) is 0 Å². The highest BCUT2D eigenvalue weighted by Crippen LogP contribution is 2.34. The van der Waals surface area contributed by atoms with Gasteiger partial charge < -0.3 is 0 Å². The van der Waals surface area contributed by atoms with Gasteiger partial charge in [-0.1, -0.05) is 43.5 Å². The van der Waals surface area contributed by atoms with Crippen LogP contribution in [0.1, 0.15) is 5.56 Å². The third-order valence-electron chi connectivity index (χ3n) is 1.80. The molecule has 0 radical (unpaired) electrons. The van der Waals surface area contributed by atoms with Gasteiger partial charge in [-0.05, 0) is 29.1 Å². The van der Waals surface area contributed by atoms with Gasteiger partial charge in [0.25, 0.3) is 0 Å². The van der Waals surface area contributed by atoms with E-state index < -0.39 is 0 Å². The van der Waals surface area contributed by atoms with Gasteiger partial charge in [-0.15, -0.1) is 11.3 Å². The summed E-state index contributed by atoms with van der Waals surface area (Å²) in [7, 11) is 0. The lowest BCUT2D eigenvalue weighted by Crippen LogP contribution is -1.77. The number of benzene rings is 1. The molecule has 0 aliphatic carbocycles. The van der Waals surface area contributed by atoms with Crippen molar-refractivity contribution < 1.29 is 0 Å². The number of thiophene rings is 1. The van der Waals surface area contributed by atoms with Crippen LogP contribution in [0, 0.1) is 0 Å². The van der Waals surface area contributed by atoms with Crippen molar-refractivity contribution in [1.82, 2.24) is 0 Å². The van der Waals surface area contributed by atoms with E-state index in [9.17, 15) is 0 Å². The molecule has 0 saturated carbocycles. The smallest absolute Gasteiger partial charge is 0.0940 e. The lowest BCUT2D eigenvalue weighted by atomic mass is 10.2. The zero-order chi connectivity index (χ0) is 9.42. The van der Waals surface area contributed by atoms with Gasteiger partial charge in [0, 0.05) is 14.5 Å². The summed E-state index contributed by atoms with van der Waals surface area (Å²) in [5.74, 6) is 0. The van der Waals surface area contributed by atoms with Gasteiger partial charge in [-0.25, -0.2) is 0 Å². The minimum atomic E-state index is 0.843. The Kier molecular flexibility index (Phi) is 2.98. The SMILES string of the molecule is Clc1cc2c(CBr)cc(Br)cc2s1. The molecule has 2 aromatic rings. The van der Waals surface area contributed by atoms with E-state index in [1.807, 2.05) is 6.07 Å². The summed E-state index contributed by atoms with van der Waals surface area (Å²) in [6.07, 6.45) is 0. The number of rotatable bonds is 1. The van der Waals surface area contributed by atoms with Crippen molar-refractivity contribution >= 4 is 64.9 Å². The van der Waals surface area contributed by atoms with E-state index in [2.05, 4.69) is 44.0 Å². The first-order chi connectivity index (χ1) is 6.20. The Morgan fingerprint density at radius 1 is 1.31 bits per heavy atom. The maximum absolute atomic E-state index is 5.95. The molecule has 1 heterocycles. The fraction of sp³-hybridized carbons (Fsp3) is 0.111. The molecule has 1 aromatic carbocycles. The van der Waals surface area contributed by atoms with Gasteiger partial charge in [0.15, 0.2) is 0 Å². The summed E-state index contributed by atoms with van der Waals surface area (Å²) in [5, 5.41) is 2.10. The van der Waals surface area contributed by atoms with Gasteiger partial charge >= 0.3 is 0 Å². The van der Waals surface area contributed by atoms with Gasteiger partial charge in [-0.2, -0.15) is 0 Å². The van der Waals surface area contributed by atoms with Crippen LogP contribution < -0.4 is 0 Å². The van der Waals surface area contributed by atoms with E-state index in [1.54, 1.807) is 11.3 Å². The van der Waals surface area contributed by atoms with E-state index in [1.165, 1.54) is 15.6 Å². The van der Waals surface area contributed by atoms with Crippen LogP contribution in [0.25, 0.3) is 10.1 Å². The summed E-state index contributed by atoms with van der Waals surface area (Å²) >= 11 is 14.5. The molecule has 0 nitrogen and oxygen atoms in total. The third-order valence-corrected chi connectivity index (χ3v) is 4.07. The molecule has 13 heavy (non-hydrogen) atoms. The maximum atomic E-state index is 5.95. The van der Waals surface area contributed by atoms with Crippen molar-refractivity contribution in [2.45, 2.75) is 5.33 Å². The quantitative estimate of drug-likeness (QED) is 0.625. The van der Waals surface area contributed by atoms with Crippen LogP contribution in [-0.2, 0) is 5.33 Å². The first-order valence-electron chi connectivity index (χ1n) is 3.64. The molecule has 2 rings (SSSR count). The van der Waals surface area contributed by atoms with Crippen molar-refractivity contribution in [3.05, 3.63) is 32.6 Å². The Balaban J connectivity index is 2.80. The van der Waals surface area contributed by atoms with Gasteiger partial charge in [-0.3, -0.25) is 0 Å². The number of hydrogen-bond donors (Lipinski definition) is 0. The molecule has 4 heteroatoms. The lowest BCUT2D eigenvalue weighted by Gasteiger charge is -1.99. The number of fused-ring (bicyclic) bond motifs is 1. The predicted octanol–water partition coefficient (Wildman–Crippen LogP) is 5.21. The Morgan fingerprint density at radius 3 is 2.77 bits per heavy atom. The molecular weight excluding hydrogens is 335 g/mol. The van der Waals surface area contributed by atoms with E-state index >= 15 is 0 Å². The Labute approximate surface area is 102 Å². The molecule has 0 unspecified atom stereocenters. The van der Waals surface area contributed by atoms with Crippen LogP contribution in [0.15, 0.2) is 22.7 Å². The van der Waals surface area contributed by atoms with Gasteiger partial charge in [0.05, 0.1) is 4.34 Å². The van der Waals surface area contributed by atoms with Crippen LogP contribution >= 0.6 is 54.8 Å². The Morgan fingerprint density at radius 2 is 2.08 bits per heavy atom. The second-order valence-electron chi connectivity index (χ2n) is 2.66. The third kappa shape index (κ3) is 1.94. The zero-order valence-electron chi connectivity index (χ0n) is 6.48. The van der Waals surface area contributed by atoms with Crippen molar-refractivity contribution in [1.29, 1.82) is 0 Å². The van der Waals surface area contributed by atoms with Crippen molar-refractivity contribution in [3.8, 4) is 0 Å². The highest BCUT2D eigenvalue weighted by Gasteiger charge is 2.05. The van der Waals surface area contributed by atoms with Gasteiger partial charge in [0.2, 0.25) is 0 Å². The standard InChI is InChI=1S/C9H5Br2ClS/c10-4-5-1-6(11)2-8-7(5)3-9(12)13-8/h1-3H,4H2. The Hall–Kier alpha value is 0.430. The Bertz CT molecular complexity index is 450. The predicted molar refractivity (Wildman–Crippen MR) is 67.2 cm³/mol. The fourth-order valence-electron chi connectivity index (χ4n) is 1.25. The average molecular weight is 340 g/mol. The molecule has 0 N–H and O–H groups in total. The van der Waals surface area contributed by atoms with Crippen LogP contribution in [0.3, 0.4) is 0 Å². The largest absolute Gasteiger partial charge is 0.123 e. The zero-order valence-corrected chi connectivity index (χ0v) is 11.2. The second kappa shape index (κ2) is 3.89.